The second kappa shape index (κ2) is 6.14. The van der Waals surface area contributed by atoms with E-state index in [1.807, 2.05) is 6.07 Å². The van der Waals surface area contributed by atoms with Crippen molar-refractivity contribution >= 4 is 39.1 Å². The van der Waals surface area contributed by atoms with E-state index < -0.39 is 6.10 Å². The monoisotopic (exact) mass is 360 g/mol. The van der Waals surface area contributed by atoms with Gasteiger partial charge >= 0.3 is 0 Å². The van der Waals surface area contributed by atoms with Gasteiger partial charge in [-0.3, -0.25) is 0 Å². The van der Waals surface area contributed by atoms with E-state index in [4.69, 9.17) is 27.9 Å². The highest BCUT2D eigenvalue weighted by Gasteiger charge is 2.09. The van der Waals surface area contributed by atoms with Crippen LogP contribution in [0, 0.1) is 0 Å². The van der Waals surface area contributed by atoms with Gasteiger partial charge in [0, 0.05) is 4.47 Å². The molecule has 0 aliphatic rings. The van der Waals surface area contributed by atoms with Gasteiger partial charge in [-0.25, -0.2) is 0 Å². The van der Waals surface area contributed by atoms with E-state index in [9.17, 15) is 5.11 Å². The highest BCUT2D eigenvalue weighted by atomic mass is 79.9. The van der Waals surface area contributed by atoms with Crippen LogP contribution in [0.1, 0.15) is 18.6 Å². The third kappa shape index (κ3) is 3.63. The Morgan fingerprint density at radius 1 is 1.05 bits per heavy atom. The van der Waals surface area contributed by atoms with Gasteiger partial charge in [-0.2, -0.15) is 0 Å². The number of ether oxygens (including phenoxy) is 1. The molecule has 100 valence electrons. The fourth-order valence-electron chi connectivity index (χ4n) is 1.53. The maximum atomic E-state index is 9.48. The Morgan fingerprint density at radius 3 is 2.42 bits per heavy atom. The van der Waals surface area contributed by atoms with Crippen LogP contribution in [0.2, 0.25) is 10.0 Å². The van der Waals surface area contributed by atoms with Crippen molar-refractivity contribution in [2.45, 2.75) is 13.0 Å². The van der Waals surface area contributed by atoms with Gasteiger partial charge in [0.25, 0.3) is 0 Å². The van der Waals surface area contributed by atoms with Crippen molar-refractivity contribution < 1.29 is 9.84 Å². The van der Waals surface area contributed by atoms with Gasteiger partial charge in [0.1, 0.15) is 11.5 Å². The summed E-state index contributed by atoms with van der Waals surface area (Å²) < 4.78 is 6.54. The third-order valence-corrected chi connectivity index (χ3v) is 3.65. The first-order valence-corrected chi connectivity index (χ1v) is 7.12. The molecular formula is C14H11BrCl2O2. The van der Waals surface area contributed by atoms with Crippen LogP contribution in [0.5, 0.6) is 11.5 Å². The summed E-state index contributed by atoms with van der Waals surface area (Å²) in [6.07, 6.45) is -0.569. The van der Waals surface area contributed by atoms with Crippen molar-refractivity contribution in [3.63, 3.8) is 0 Å². The summed E-state index contributed by atoms with van der Waals surface area (Å²) in [5.74, 6) is 1.01. The largest absolute Gasteiger partial charge is 0.454 e. The van der Waals surface area contributed by atoms with Crippen LogP contribution in [0.25, 0.3) is 0 Å². The Bertz CT molecular complexity index is 600. The second-order valence-electron chi connectivity index (χ2n) is 4.04. The van der Waals surface area contributed by atoms with E-state index in [0.29, 0.717) is 21.5 Å². The Morgan fingerprint density at radius 2 is 1.79 bits per heavy atom. The summed E-state index contributed by atoms with van der Waals surface area (Å²) in [4.78, 5) is 0. The van der Waals surface area contributed by atoms with Crippen molar-refractivity contribution in [2.75, 3.05) is 0 Å². The highest BCUT2D eigenvalue weighted by molar-refractivity contribution is 9.10. The molecule has 0 spiro atoms. The van der Waals surface area contributed by atoms with Gasteiger partial charge in [0.05, 0.1) is 16.1 Å². The molecule has 0 fully saturated rings. The lowest BCUT2D eigenvalue weighted by molar-refractivity contribution is 0.199. The minimum absolute atomic E-state index is 0.425. The molecule has 0 heterocycles. The third-order valence-electron chi connectivity index (χ3n) is 2.55. The topological polar surface area (TPSA) is 29.5 Å². The molecule has 0 saturated heterocycles. The van der Waals surface area contributed by atoms with Gasteiger partial charge in [-0.05, 0) is 42.8 Å². The average molecular weight is 362 g/mol. The Hall–Kier alpha value is -0.740. The zero-order valence-corrected chi connectivity index (χ0v) is 13.1. The summed E-state index contributed by atoms with van der Waals surface area (Å²) >= 11 is 15.5. The summed E-state index contributed by atoms with van der Waals surface area (Å²) in [7, 11) is 0. The Balaban J connectivity index is 2.31. The first-order valence-electron chi connectivity index (χ1n) is 5.58. The lowest BCUT2D eigenvalue weighted by Gasteiger charge is -2.11. The Labute approximate surface area is 130 Å². The molecule has 0 amide bonds. The number of aliphatic hydroxyl groups excluding tert-OH is 1. The molecule has 0 aliphatic heterocycles. The van der Waals surface area contributed by atoms with Gasteiger partial charge in [0.2, 0.25) is 0 Å². The molecule has 0 unspecified atom stereocenters. The maximum Gasteiger partial charge on any atom is 0.147 e. The van der Waals surface area contributed by atoms with Gasteiger partial charge < -0.3 is 9.84 Å². The Kier molecular flexibility index (Phi) is 4.74. The lowest BCUT2D eigenvalue weighted by Crippen LogP contribution is -1.92. The summed E-state index contributed by atoms with van der Waals surface area (Å²) in [5.41, 5.74) is 0.734. The summed E-state index contributed by atoms with van der Waals surface area (Å²) in [6.45, 7) is 1.68. The highest BCUT2D eigenvalue weighted by Crippen LogP contribution is 2.36. The van der Waals surface area contributed by atoms with E-state index in [0.717, 1.165) is 10.0 Å². The maximum absolute atomic E-state index is 9.48. The van der Waals surface area contributed by atoms with Gasteiger partial charge in [0.15, 0.2) is 0 Å². The average Bonchev–Trinajstić information content (AvgIpc) is 2.36. The van der Waals surface area contributed by atoms with Crippen LogP contribution in [-0.2, 0) is 0 Å². The van der Waals surface area contributed by atoms with Crippen LogP contribution in [-0.4, -0.2) is 5.11 Å². The number of halogens is 3. The minimum atomic E-state index is -0.569. The first-order chi connectivity index (χ1) is 8.97. The SMILES string of the molecule is C[C@H](O)c1ccc(Oc2cc(Br)ccc2Cl)c(Cl)c1. The molecule has 2 aromatic rings. The molecule has 0 saturated carbocycles. The van der Waals surface area contributed by atoms with Crippen molar-refractivity contribution in [2.24, 2.45) is 0 Å². The zero-order valence-electron chi connectivity index (χ0n) is 10.0. The first kappa shape index (κ1) is 14.7. The van der Waals surface area contributed by atoms with E-state index >= 15 is 0 Å². The normalized spacial score (nSPS) is 12.3. The summed E-state index contributed by atoms with van der Waals surface area (Å²) in [5, 5.41) is 10.4. The fourth-order valence-corrected chi connectivity index (χ4v) is 2.26. The van der Waals surface area contributed by atoms with Crippen LogP contribution in [0.4, 0.5) is 0 Å². The molecule has 1 N–H and O–H groups in total. The zero-order chi connectivity index (χ0) is 14.0. The van der Waals surface area contributed by atoms with Crippen LogP contribution in [0.3, 0.4) is 0 Å². The van der Waals surface area contributed by atoms with Crippen LogP contribution in [0.15, 0.2) is 40.9 Å². The molecule has 2 nitrogen and oxygen atoms in total. The minimum Gasteiger partial charge on any atom is -0.454 e. The van der Waals surface area contributed by atoms with Crippen LogP contribution >= 0.6 is 39.1 Å². The lowest BCUT2D eigenvalue weighted by atomic mass is 10.1. The quantitative estimate of drug-likeness (QED) is 0.770. The van der Waals surface area contributed by atoms with E-state index in [-0.39, 0.29) is 0 Å². The van der Waals surface area contributed by atoms with E-state index in [2.05, 4.69) is 15.9 Å². The number of benzene rings is 2. The van der Waals surface area contributed by atoms with Crippen molar-refractivity contribution in [1.82, 2.24) is 0 Å². The molecule has 0 bridgehead atoms. The number of aliphatic hydroxyl groups is 1. The fraction of sp³-hybridized carbons (Fsp3) is 0.143. The van der Waals surface area contributed by atoms with Gasteiger partial charge in [-0.15, -0.1) is 0 Å². The molecule has 1 atom stereocenters. The van der Waals surface area contributed by atoms with Gasteiger partial charge in [-0.1, -0.05) is 45.2 Å². The smallest absolute Gasteiger partial charge is 0.147 e. The number of hydrogen-bond acceptors (Lipinski definition) is 2. The molecule has 0 aliphatic carbocycles. The molecule has 19 heavy (non-hydrogen) atoms. The van der Waals surface area contributed by atoms with E-state index in [1.54, 1.807) is 37.3 Å². The number of hydrogen-bond donors (Lipinski definition) is 1. The molecule has 2 aromatic carbocycles. The summed E-state index contributed by atoms with van der Waals surface area (Å²) in [6, 6.07) is 10.5. The molecule has 0 radical (unpaired) electrons. The standard InChI is InChI=1S/C14H11BrCl2O2/c1-8(18)9-2-5-13(12(17)6-9)19-14-7-10(15)3-4-11(14)16/h2-8,18H,1H3/t8-/m0/s1. The van der Waals surface area contributed by atoms with Crippen molar-refractivity contribution in [3.8, 4) is 11.5 Å². The van der Waals surface area contributed by atoms with Crippen molar-refractivity contribution in [3.05, 3.63) is 56.5 Å². The second-order valence-corrected chi connectivity index (χ2v) is 5.77. The van der Waals surface area contributed by atoms with E-state index in [1.165, 1.54) is 0 Å². The van der Waals surface area contributed by atoms with Crippen LogP contribution < -0.4 is 4.74 Å². The molecule has 0 aromatic heterocycles. The predicted molar refractivity (Wildman–Crippen MR) is 81.3 cm³/mol. The number of rotatable bonds is 3. The molecule has 5 heteroatoms. The van der Waals surface area contributed by atoms with Crippen molar-refractivity contribution in [1.29, 1.82) is 0 Å². The predicted octanol–water partition coefficient (Wildman–Crippen LogP) is 5.60. The molecular weight excluding hydrogens is 351 g/mol. The molecule has 2 rings (SSSR count).